The van der Waals surface area contributed by atoms with Gasteiger partial charge in [-0.25, -0.2) is 15.8 Å². The molecule has 7 nitrogen and oxygen atoms in total. The number of rotatable bonds is 6. The topological polar surface area (TPSA) is 96.2 Å². The molecule has 0 saturated heterocycles. The van der Waals surface area contributed by atoms with Crippen molar-refractivity contribution in [3.05, 3.63) is 11.9 Å². The first-order valence-corrected chi connectivity index (χ1v) is 6.29. The highest BCUT2D eigenvalue weighted by Gasteiger charge is 2.18. The number of aromatic nitrogens is 2. The Labute approximate surface area is 113 Å². The molecule has 7 heteroatoms. The van der Waals surface area contributed by atoms with E-state index in [2.05, 4.69) is 27.6 Å². The maximum absolute atomic E-state index is 11.9. The Morgan fingerprint density at radius 1 is 1.42 bits per heavy atom. The fourth-order valence-electron chi connectivity index (χ4n) is 1.80. The average molecular weight is 266 g/mol. The number of hydrogen-bond donors (Lipinski definition) is 3. The lowest BCUT2D eigenvalue weighted by molar-refractivity contribution is -0.129. The average Bonchev–Trinajstić information content (AvgIpc) is 2.39. The standard InChI is InChI=1S/C12H22N6O/c1-5-6-9-10(14-7-15-11(9)17-13)16-8(2)12(19)18(3)4/h7-8H,5-6,13H2,1-4H3,(H2,14,15,16,17). The summed E-state index contributed by atoms with van der Waals surface area (Å²) in [6.45, 7) is 3.86. The second-order valence-corrected chi connectivity index (χ2v) is 4.54. The third kappa shape index (κ3) is 3.78. The first-order valence-electron chi connectivity index (χ1n) is 6.29. The van der Waals surface area contributed by atoms with Gasteiger partial charge in [0.15, 0.2) is 0 Å². The van der Waals surface area contributed by atoms with Crippen molar-refractivity contribution in [1.82, 2.24) is 14.9 Å². The van der Waals surface area contributed by atoms with E-state index in [1.165, 1.54) is 6.33 Å². The Morgan fingerprint density at radius 3 is 2.58 bits per heavy atom. The molecule has 1 atom stereocenters. The summed E-state index contributed by atoms with van der Waals surface area (Å²) in [5, 5.41) is 3.11. The molecule has 4 N–H and O–H groups in total. The number of hydrazine groups is 1. The zero-order valence-corrected chi connectivity index (χ0v) is 11.9. The Balaban J connectivity index is 2.97. The van der Waals surface area contributed by atoms with Crippen LogP contribution >= 0.6 is 0 Å². The van der Waals surface area contributed by atoms with Gasteiger partial charge in [-0.15, -0.1) is 0 Å². The van der Waals surface area contributed by atoms with Gasteiger partial charge in [0.25, 0.3) is 0 Å². The number of anilines is 2. The molecule has 1 aromatic heterocycles. The Bertz CT molecular complexity index is 434. The van der Waals surface area contributed by atoms with Crippen LogP contribution in [0.1, 0.15) is 25.8 Å². The minimum Gasteiger partial charge on any atom is -0.358 e. The van der Waals surface area contributed by atoms with E-state index >= 15 is 0 Å². The van der Waals surface area contributed by atoms with Crippen LogP contribution in [0.5, 0.6) is 0 Å². The molecule has 0 aliphatic carbocycles. The first-order chi connectivity index (χ1) is 9.01. The normalized spacial score (nSPS) is 11.8. The van der Waals surface area contributed by atoms with Crippen LogP contribution in [0.2, 0.25) is 0 Å². The molecule has 1 unspecified atom stereocenters. The van der Waals surface area contributed by atoms with Crippen molar-refractivity contribution in [3.8, 4) is 0 Å². The van der Waals surface area contributed by atoms with Gasteiger partial charge in [0.05, 0.1) is 0 Å². The number of nitrogens with one attached hydrogen (secondary N) is 2. The number of nitrogens with zero attached hydrogens (tertiary/aromatic N) is 3. The minimum absolute atomic E-state index is 0.0108. The smallest absolute Gasteiger partial charge is 0.244 e. The van der Waals surface area contributed by atoms with Crippen LogP contribution in [0.3, 0.4) is 0 Å². The van der Waals surface area contributed by atoms with Crippen molar-refractivity contribution in [2.75, 3.05) is 24.8 Å². The lowest BCUT2D eigenvalue weighted by atomic mass is 10.1. The fourth-order valence-corrected chi connectivity index (χ4v) is 1.80. The van der Waals surface area contributed by atoms with Crippen molar-refractivity contribution in [3.63, 3.8) is 0 Å². The molecule has 0 radical (unpaired) electrons. The number of nitrogen functional groups attached to an aromatic ring is 1. The maximum Gasteiger partial charge on any atom is 0.244 e. The summed E-state index contributed by atoms with van der Waals surface area (Å²) in [6.07, 6.45) is 3.14. The second kappa shape index (κ2) is 6.89. The molecule has 106 valence electrons. The molecule has 0 bridgehead atoms. The molecule has 1 amide bonds. The number of carbonyl (C=O) groups excluding carboxylic acids is 1. The van der Waals surface area contributed by atoms with Crippen molar-refractivity contribution in [2.24, 2.45) is 5.84 Å². The maximum atomic E-state index is 11.9. The second-order valence-electron chi connectivity index (χ2n) is 4.54. The van der Waals surface area contributed by atoms with Crippen LogP contribution in [-0.2, 0) is 11.2 Å². The van der Waals surface area contributed by atoms with Crippen LogP contribution in [0, 0.1) is 0 Å². The van der Waals surface area contributed by atoms with E-state index in [0.717, 1.165) is 18.4 Å². The van der Waals surface area contributed by atoms with Crippen LogP contribution < -0.4 is 16.6 Å². The molecule has 0 spiro atoms. The van der Waals surface area contributed by atoms with Crippen molar-refractivity contribution in [2.45, 2.75) is 32.7 Å². The molecule has 0 aliphatic rings. The fraction of sp³-hybridized carbons (Fsp3) is 0.583. The number of hydrogen-bond acceptors (Lipinski definition) is 6. The number of amides is 1. The third-order valence-electron chi connectivity index (χ3n) is 2.75. The van der Waals surface area contributed by atoms with Gasteiger partial charge < -0.3 is 15.6 Å². The predicted octanol–water partition coefficient (Wildman–Crippen LogP) is 0.603. The molecule has 0 aliphatic heterocycles. The lowest BCUT2D eigenvalue weighted by Crippen LogP contribution is -2.37. The summed E-state index contributed by atoms with van der Waals surface area (Å²) in [5.74, 6) is 6.67. The minimum atomic E-state index is -0.355. The van der Waals surface area contributed by atoms with E-state index < -0.39 is 0 Å². The van der Waals surface area contributed by atoms with Gasteiger partial charge in [-0.3, -0.25) is 4.79 Å². The highest BCUT2D eigenvalue weighted by atomic mass is 16.2. The summed E-state index contributed by atoms with van der Waals surface area (Å²) >= 11 is 0. The molecule has 0 aromatic carbocycles. The molecule has 19 heavy (non-hydrogen) atoms. The zero-order valence-electron chi connectivity index (χ0n) is 11.9. The van der Waals surface area contributed by atoms with Crippen LogP contribution in [0.4, 0.5) is 11.6 Å². The van der Waals surface area contributed by atoms with E-state index in [4.69, 9.17) is 5.84 Å². The zero-order chi connectivity index (χ0) is 14.4. The molecule has 0 fully saturated rings. The van der Waals surface area contributed by atoms with Crippen LogP contribution in [0.25, 0.3) is 0 Å². The predicted molar refractivity (Wildman–Crippen MR) is 75.6 cm³/mol. The summed E-state index contributed by atoms with van der Waals surface area (Å²) in [5.41, 5.74) is 3.45. The molecule has 1 heterocycles. The van der Waals surface area contributed by atoms with Crippen LogP contribution in [0.15, 0.2) is 6.33 Å². The highest BCUT2D eigenvalue weighted by molar-refractivity contribution is 5.84. The van der Waals surface area contributed by atoms with Gasteiger partial charge in [0.1, 0.15) is 24.0 Å². The van der Waals surface area contributed by atoms with E-state index in [9.17, 15) is 4.79 Å². The van der Waals surface area contributed by atoms with Gasteiger partial charge in [-0.05, 0) is 13.3 Å². The SMILES string of the molecule is CCCc1c(NN)ncnc1NC(C)C(=O)N(C)C. The van der Waals surface area contributed by atoms with Crippen LogP contribution in [-0.4, -0.2) is 40.9 Å². The van der Waals surface area contributed by atoms with E-state index in [1.807, 2.05) is 0 Å². The van der Waals surface area contributed by atoms with Gasteiger partial charge in [-0.1, -0.05) is 13.3 Å². The van der Waals surface area contributed by atoms with E-state index in [0.29, 0.717) is 11.6 Å². The summed E-state index contributed by atoms with van der Waals surface area (Å²) in [4.78, 5) is 21.7. The van der Waals surface area contributed by atoms with Crippen molar-refractivity contribution < 1.29 is 4.79 Å². The third-order valence-corrected chi connectivity index (χ3v) is 2.75. The van der Waals surface area contributed by atoms with Gasteiger partial charge in [0, 0.05) is 19.7 Å². The highest BCUT2D eigenvalue weighted by Crippen LogP contribution is 2.21. The van der Waals surface area contributed by atoms with E-state index in [1.54, 1.807) is 25.9 Å². The van der Waals surface area contributed by atoms with Crippen molar-refractivity contribution in [1.29, 1.82) is 0 Å². The Morgan fingerprint density at radius 2 is 2.05 bits per heavy atom. The summed E-state index contributed by atoms with van der Waals surface area (Å²) < 4.78 is 0. The largest absolute Gasteiger partial charge is 0.358 e. The Kier molecular flexibility index (Phi) is 5.50. The molecule has 0 saturated carbocycles. The molecular weight excluding hydrogens is 244 g/mol. The Hall–Kier alpha value is -1.89. The summed E-state index contributed by atoms with van der Waals surface area (Å²) in [6, 6.07) is -0.355. The number of likely N-dealkylation sites (N-methyl/N-ethyl adjacent to an activating group) is 1. The first kappa shape index (κ1) is 15.2. The molecule has 1 aromatic rings. The van der Waals surface area contributed by atoms with E-state index in [-0.39, 0.29) is 11.9 Å². The number of carbonyl (C=O) groups is 1. The summed E-state index contributed by atoms with van der Waals surface area (Å²) in [7, 11) is 3.45. The monoisotopic (exact) mass is 266 g/mol. The van der Waals surface area contributed by atoms with Gasteiger partial charge in [0.2, 0.25) is 5.91 Å². The molecule has 1 rings (SSSR count). The van der Waals surface area contributed by atoms with Gasteiger partial charge in [-0.2, -0.15) is 0 Å². The van der Waals surface area contributed by atoms with Gasteiger partial charge >= 0.3 is 0 Å². The number of nitrogens with two attached hydrogens (primary N) is 1. The lowest BCUT2D eigenvalue weighted by Gasteiger charge is -2.20. The molecular formula is C12H22N6O. The quantitative estimate of drug-likeness (QED) is 0.515. The van der Waals surface area contributed by atoms with Crippen molar-refractivity contribution >= 4 is 17.5 Å².